The smallest absolute Gasteiger partial charge is 0.342 e. The van der Waals surface area contributed by atoms with Gasteiger partial charge in [0.2, 0.25) is 0 Å². The highest BCUT2D eigenvalue weighted by molar-refractivity contribution is 5.92. The molecule has 7 heteroatoms. The Balaban J connectivity index is 1.94. The van der Waals surface area contributed by atoms with Gasteiger partial charge in [-0.1, -0.05) is 12.1 Å². The van der Waals surface area contributed by atoms with Gasteiger partial charge in [-0.25, -0.2) is 4.79 Å². The van der Waals surface area contributed by atoms with Crippen molar-refractivity contribution in [2.75, 3.05) is 66.6 Å². The molecule has 0 spiro atoms. The minimum atomic E-state index is -0.429. The summed E-state index contributed by atoms with van der Waals surface area (Å²) >= 11 is 0. The Labute approximate surface area is 149 Å². The molecule has 0 aliphatic heterocycles. The van der Waals surface area contributed by atoms with Crippen LogP contribution in [0.5, 0.6) is 5.75 Å². The van der Waals surface area contributed by atoms with E-state index in [1.165, 1.54) is 7.11 Å². The highest BCUT2D eigenvalue weighted by Crippen LogP contribution is 2.17. The van der Waals surface area contributed by atoms with Crippen molar-refractivity contribution >= 4 is 5.97 Å². The van der Waals surface area contributed by atoms with Gasteiger partial charge in [0.15, 0.2) is 0 Å². The van der Waals surface area contributed by atoms with Crippen LogP contribution in [-0.2, 0) is 23.7 Å². The van der Waals surface area contributed by atoms with Crippen molar-refractivity contribution in [2.45, 2.75) is 6.92 Å². The molecular weight excluding hydrogens is 328 g/mol. The summed E-state index contributed by atoms with van der Waals surface area (Å²) < 4.78 is 31.4. The first kappa shape index (κ1) is 21.4. The molecule has 0 aromatic heterocycles. The van der Waals surface area contributed by atoms with Crippen LogP contribution in [0.15, 0.2) is 24.3 Å². The average molecular weight is 356 g/mol. The number of benzene rings is 1. The van der Waals surface area contributed by atoms with Gasteiger partial charge in [-0.3, -0.25) is 0 Å². The molecule has 1 rings (SSSR count). The number of ether oxygens (including phenoxy) is 6. The van der Waals surface area contributed by atoms with Crippen LogP contribution in [0.3, 0.4) is 0 Å². The lowest BCUT2D eigenvalue weighted by Crippen LogP contribution is -2.15. The second kappa shape index (κ2) is 14.7. The molecule has 0 amide bonds. The molecule has 0 atom stereocenters. The second-order valence-electron chi connectivity index (χ2n) is 4.87. The number of methoxy groups -OCH3 is 1. The first-order valence-electron chi connectivity index (χ1n) is 8.40. The number of carbonyl (C=O) groups is 1. The fourth-order valence-electron chi connectivity index (χ4n) is 1.89. The van der Waals surface area contributed by atoms with E-state index in [-0.39, 0.29) is 6.61 Å². The quantitative estimate of drug-likeness (QED) is 0.351. The van der Waals surface area contributed by atoms with Gasteiger partial charge < -0.3 is 28.4 Å². The van der Waals surface area contributed by atoms with Gasteiger partial charge in [0.05, 0.1) is 53.4 Å². The summed E-state index contributed by atoms with van der Waals surface area (Å²) in [6.07, 6.45) is 0. The predicted octanol–water partition coefficient (Wildman–Crippen LogP) is 1.94. The summed E-state index contributed by atoms with van der Waals surface area (Å²) in [5, 5.41) is 0. The number of rotatable bonds is 15. The molecule has 0 saturated heterocycles. The molecule has 0 radical (unpaired) electrons. The van der Waals surface area contributed by atoms with E-state index in [0.717, 1.165) is 0 Å². The van der Waals surface area contributed by atoms with Gasteiger partial charge in [0.25, 0.3) is 0 Å². The summed E-state index contributed by atoms with van der Waals surface area (Å²) in [4.78, 5) is 11.9. The molecule has 0 N–H and O–H groups in total. The summed E-state index contributed by atoms with van der Waals surface area (Å²) in [6.45, 7) is 6.27. The molecule has 1 aromatic rings. The lowest BCUT2D eigenvalue weighted by atomic mass is 10.2. The van der Waals surface area contributed by atoms with Crippen molar-refractivity contribution < 1.29 is 33.2 Å². The topological polar surface area (TPSA) is 72.5 Å². The first-order chi connectivity index (χ1) is 12.3. The van der Waals surface area contributed by atoms with Gasteiger partial charge in [-0.2, -0.15) is 0 Å². The molecular formula is C18H28O7. The number of hydrogen-bond acceptors (Lipinski definition) is 7. The van der Waals surface area contributed by atoms with E-state index < -0.39 is 5.97 Å². The fraction of sp³-hybridized carbons (Fsp3) is 0.611. The van der Waals surface area contributed by atoms with Gasteiger partial charge >= 0.3 is 5.97 Å². The molecule has 25 heavy (non-hydrogen) atoms. The van der Waals surface area contributed by atoms with Crippen LogP contribution in [-0.4, -0.2) is 72.5 Å². The lowest BCUT2D eigenvalue weighted by molar-refractivity contribution is -0.00810. The first-order valence-corrected chi connectivity index (χ1v) is 8.40. The van der Waals surface area contributed by atoms with Crippen LogP contribution in [0.2, 0.25) is 0 Å². The third kappa shape index (κ3) is 10.0. The van der Waals surface area contributed by atoms with Crippen LogP contribution in [0, 0.1) is 0 Å². The summed E-state index contributed by atoms with van der Waals surface area (Å²) in [7, 11) is 1.51. The lowest BCUT2D eigenvalue weighted by Gasteiger charge is -2.09. The highest BCUT2D eigenvalue weighted by Gasteiger charge is 2.12. The van der Waals surface area contributed by atoms with Crippen molar-refractivity contribution in [1.29, 1.82) is 0 Å². The Kier molecular flexibility index (Phi) is 12.5. The largest absolute Gasteiger partial charge is 0.496 e. The zero-order valence-electron chi connectivity index (χ0n) is 15.0. The van der Waals surface area contributed by atoms with Crippen LogP contribution < -0.4 is 4.74 Å². The van der Waals surface area contributed by atoms with Gasteiger partial charge in [-0.05, 0) is 19.1 Å². The van der Waals surface area contributed by atoms with Crippen LogP contribution in [0.25, 0.3) is 0 Å². The van der Waals surface area contributed by atoms with Gasteiger partial charge in [0, 0.05) is 6.61 Å². The summed E-state index contributed by atoms with van der Waals surface area (Å²) in [6, 6.07) is 6.92. The number of esters is 1. The molecule has 0 saturated carbocycles. The molecule has 142 valence electrons. The zero-order valence-corrected chi connectivity index (χ0v) is 15.0. The molecule has 0 aliphatic carbocycles. The van der Waals surface area contributed by atoms with Crippen molar-refractivity contribution in [1.82, 2.24) is 0 Å². The van der Waals surface area contributed by atoms with Gasteiger partial charge in [0.1, 0.15) is 17.9 Å². The SMILES string of the molecule is CCOCCOCCOCCOCCOC(=O)c1ccccc1OC. The van der Waals surface area contributed by atoms with Crippen LogP contribution in [0.1, 0.15) is 17.3 Å². The maximum Gasteiger partial charge on any atom is 0.342 e. The Morgan fingerprint density at radius 1 is 0.800 bits per heavy atom. The van der Waals surface area contributed by atoms with Crippen molar-refractivity contribution in [3.05, 3.63) is 29.8 Å². The Morgan fingerprint density at radius 3 is 1.88 bits per heavy atom. The normalized spacial score (nSPS) is 10.6. The monoisotopic (exact) mass is 356 g/mol. The Hall–Kier alpha value is -1.67. The fourth-order valence-corrected chi connectivity index (χ4v) is 1.89. The van der Waals surface area contributed by atoms with E-state index in [1.807, 2.05) is 6.92 Å². The molecule has 7 nitrogen and oxygen atoms in total. The van der Waals surface area contributed by atoms with E-state index >= 15 is 0 Å². The third-order valence-electron chi connectivity index (χ3n) is 3.11. The standard InChI is InChI=1S/C18H28O7/c1-3-21-8-9-22-10-11-23-12-13-24-14-15-25-18(19)16-6-4-5-7-17(16)20-2/h4-7H,3,8-15H2,1-2H3. The number of carbonyl (C=O) groups excluding carboxylic acids is 1. The summed E-state index contributed by atoms with van der Waals surface area (Å²) in [5.41, 5.74) is 0.401. The Morgan fingerprint density at radius 2 is 1.32 bits per heavy atom. The maximum atomic E-state index is 11.9. The summed E-state index contributed by atoms with van der Waals surface area (Å²) in [5.74, 6) is 0.0618. The predicted molar refractivity (Wildman–Crippen MR) is 92.2 cm³/mol. The van der Waals surface area contributed by atoms with Crippen LogP contribution in [0.4, 0.5) is 0 Å². The molecule has 0 aliphatic rings. The number of hydrogen-bond donors (Lipinski definition) is 0. The Bertz CT molecular complexity index is 464. The van der Waals surface area contributed by atoms with Crippen molar-refractivity contribution in [3.63, 3.8) is 0 Å². The molecule has 0 fully saturated rings. The maximum absolute atomic E-state index is 11.9. The third-order valence-corrected chi connectivity index (χ3v) is 3.11. The number of para-hydroxylation sites is 1. The van der Waals surface area contributed by atoms with E-state index in [4.69, 9.17) is 28.4 Å². The second-order valence-corrected chi connectivity index (χ2v) is 4.87. The van der Waals surface area contributed by atoms with Crippen LogP contribution >= 0.6 is 0 Å². The molecule has 0 bridgehead atoms. The minimum absolute atomic E-state index is 0.178. The van der Waals surface area contributed by atoms with E-state index in [0.29, 0.717) is 64.2 Å². The molecule has 0 unspecified atom stereocenters. The van der Waals surface area contributed by atoms with E-state index in [1.54, 1.807) is 24.3 Å². The zero-order chi connectivity index (χ0) is 18.2. The highest BCUT2D eigenvalue weighted by atomic mass is 16.6. The van der Waals surface area contributed by atoms with Gasteiger partial charge in [-0.15, -0.1) is 0 Å². The van der Waals surface area contributed by atoms with E-state index in [2.05, 4.69) is 0 Å². The molecule has 1 aromatic carbocycles. The minimum Gasteiger partial charge on any atom is -0.496 e. The average Bonchev–Trinajstić information content (AvgIpc) is 2.65. The van der Waals surface area contributed by atoms with E-state index in [9.17, 15) is 4.79 Å². The molecule has 0 heterocycles. The van der Waals surface area contributed by atoms with Crippen molar-refractivity contribution in [3.8, 4) is 5.75 Å². The van der Waals surface area contributed by atoms with Crippen molar-refractivity contribution in [2.24, 2.45) is 0 Å².